The molecule has 0 bridgehead atoms. The number of hydrogen-bond donors (Lipinski definition) is 1. The Morgan fingerprint density at radius 3 is 2.61 bits per heavy atom. The molecule has 0 unspecified atom stereocenters. The maximum absolute atomic E-state index is 5.14. The van der Waals surface area contributed by atoms with Crippen molar-refractivity contribution in [3.63, 3.8) is 0 Å². The number of ether oxygens (including phenoxy) is 1. The standard InChI is InChI=1S/C13H18N4O/c1-10(2)14-8-13-15-9-16-17(13)11-4-6-12(18-3)7-5-11/h4-7,9-10,14H,8H2,1-3H3. The highest BCUT2D eigenvalue weighted by Gasteiger charge is 2.06. The smallest absolute Gasteiger partial charge is 0.146 e. The summed E-state index contributed by atoms with van der Waals surface area (Å²) in [6, 6.07) is 8.18. The van der Waals surface area contributed by atoms with Crippen molar-refractivity contribution in [2.45, 2.75) is 26.4 Å². The fourth-order valence-electron chi connectivity index (χ4n) is 1.62. The fraction of sp³-hybridized carbons (Fsp3) is 0.385. The zero-order chi connectivity index (χ0) is 13.0. The third-order valence-corrected chi connectivity index (χ3v) is 2.60. The molecule has 0 saturated heterocycles. The molecule has 5 heteroatoms. The van der Waals surface area contributed by atoms with Crippen LogP contribution in [0.5, 0.6) is 5.75 Å². The van der Waals surface area contributed by atoms with Gasteiger partial charge in [-0.1, -0.05) is 13.8 Å². The second-order valence-electron chi connectivity index (χ2n) is 4.32. The average molecular weight is 246 g/mol. The van der Waals surface area contributed by atoms with Crippen LogP contribution in [0.3, 0.4) is 0 Å². The summed E-state index contributed by atoms with van der Waals surface area (Å²) in [7, 11) is 1.66. The lowest BCUT2D eigenvalue weighted by Gasteiger charge is -2.09. The predicted molar refractivity (Wildman–Crippen MR) is 69.9 cm³/mol. The van der Waals surface area contributed by atoms with Crippen LogP contribution in [0.1, 0.15) is 19.7 Å². The second-order valence-corrected chi connectivity index (χ2v) is 4.32. The van der Waals surface area contributed by atoms with E-state index < -0.39 is 0 Å². The molecule has 5 nitrogen and oxygen atoms in total. The SMILES string of the molecule is COc1ccc(-n2ncnc2CNC(C)C)cc1. The van der Waals surface area contributed by atoms with Crippen molar-refractivity contribution in [1.29, 1.82) is 0 Å². The van der Waals surface area contributed by atoms with Gasteiger partial charge in [-0.3, -0.25) is 0 Å². The maximum Gasteiger partial charge on any atom is 0.146 e. The van der Waals surface area contributed by atoms with Crippen LogP contribution < -0.4 is 10.1 Å². The van der Waals surface area contributed by atoms with E-state index in [-0.39, 0.29) is 0 Å². The van der Waals surface area contributed by atoms with Gasteiger partial charge in [-0.2, -0.15) is 5.10 Å². The molecule has 0 spiro atoms. The van der Waals surface area contributed by atoms with E-state index in [1.165, 1.54) is 0 Å². The number of rotatable bonds is 5. The lowest BCUT2D eigenvalue weighted by atomic mass is 10.3. The number of benzene rings is 1. The number of nitrogens with one attached hydrogen (secondary N) is 1. The van der Waals surface area contributed by atoms with Crippen LogP contribution in [0, 0.1) is 0 Å². The lowest BCUT2D eigenvalue weighted by molar-refractivity contribution is 0.414. The zero-order valence-corrected chi connectivity index (χ0v) is 10.9. The Labute approximate surface area is 107 Å². The minimum absolute atomic E-state index is 0.422. The molecule has 0 aliphatic rings. The molecule has 0 radical (unpaired) electrons. The quantitative estimate of drug-likeness (QED) is 0.873. The first-order valence-corrected chi connectivity index (χ1v) is 5.97. The Morgan fingerprint density at radius 2 is 2.00 bits per heavy atom. The Balaban J connectivity index is 2.19. The van der Waals surface area contributed by atoms with E-state index in [1.807, 2.05) is 28.9 Å². The molecule has 2 rings (SSSR count). The topological polar surface area (TPSA) is 52.0 Å². The minimum Gasteiger partial charge on any atom is -0.497 e. The summed E-state index contributed by atoms with van der Waals surface area (Å²) in [5.41, 5.74) is 0.980. The normalized spacial score (nSPS) is 10.9. The van der Waals surface area contributed by atoms with Crippen LogP contribution in [0.4, 0.5) is 0 Å². The Kier molecular flexibility index (Phi) is 3.94. The molecule has 0 saturated carbocycles. The van der Waals surface area contributed by atoms with Gasteiger partial charge in [0.2, 0.25) is 0 Å². The summed E-state index contributed by atoms with van der Waals surface area (Å²) in [5.74, 6) is 1.73. The van der Waals surface area contributed by atoms with Crippen molar-refractivity contribution in [1.82, 2.24) is 20.1 Å². The van der Waals surface area contributed by atoms with Crippen molar-refractivity contribution in [2.75, 3.05) is 7.11 Å². The summed E-state index contributed by atoms with van der Waals surface area (Å²) in [6.07, 6.45) is 1.57. The first-order valence-electron chi connectivity index (χ1n) is 5.97. The molecular weight excluding hydrogens is 228 g/mol. The lowest BCUT2D eigenvalue weighted by Crippen LogP contribution is -2.24. The van der Waals surface area contributed by atoms with Gasteiger partial charge >= 0.3 is 0 Å². The number of methoxy groups -OCH3 is 1. The highest BCUT2D eigenvalue weighted by Crippen LogP contribution is 2.15. The second kappa shape index (κ2) is 5.64. The van der Waals surface area contributed by atoms with Gasteiger partial charge in [0, 0.05) is 6.04 Å². The number of aromatic nitrogens is 3. The van der Waals surface area contributed by atoms with E-state index in [4.69, 9.17) is 4.74 Å². The molecule has 0 amide bonds. The van der Waals surface area contributed by atoms with Crippen LogP contribution in [-0.4, -0.2) is 27.9 Å². The monoisotopic (exact) mass is 246 g/mol. The highest BCUT2D eigenvalue weighted by atomic mass is 16.5. The Hall–Kier alpha value is -1.88. The minimum atomic E-state index is 0.422. The summed E-state index contributed by atoms with van der Waals surface area (Å²) < 4.78 is 6.97. The van der Waals surface area contributed by atoms with Gasteiger partial charge in [-0.25, -0.2) is 9.67 Å². The molecule has 0 fully saturated rings. The third-order valence-electron chi connectivity index (χ3n) is 2.60. The first-order chi connectivity index (χ1) is 8.70. The molecule has 1 N–H and O–H groups in total. The number of hydrogen-bond acceptors (Lipinski definition) is 4. The molecule has 2 aromatic rings. The van der Waals surface area contributed by atoms with Gasteiger partial charge in [-0.05, 0) is 24.3 Å². The number of nitrogens with zero attached hydrogens (tertiary/aromatic N) is 3. The van der Waals surface area contributed by atoms with Gasteiger partial charge in [-0.15, -0.1) is 0 Å². The van der Waals surface area contributed by atoms with E-state index >= 15 is 0 Å². The molecule has 0 aliphatic carbocycles. The molecule has 1 heterocycles. The van der Waals surface area contributed by atoms with Gasteiger partial charge in [0.05, 0.1) is 19.3 Å². The van der Waals surface area contributed by atoms with E-state index in [0.29, 0.717) is 12.6 Å². The van der Waals surface area contributed by atoms with E-state index in [2.05, 4.69) is 29.2 Å². The fourth-order valence-corrected chi connectivity index (χ4v) is 1.62. The van der Waals surface area contributed by atoms with Gasteiger partial charge in [0.1, 0.15) is 17.9 Å². The van der Waals surface area contributed by atoms with Gasteiger partial charge in [0.25, 0.3) is 0 Å². The molecule has 18 heavy (non-hydrogen) atoms. The largest absolute Gasteiger partial charge is 0.497 e. The highest BCUT2D eigenvalue weighted by molar-refractivity contribution is 5.37. The van der Waals surface area contributed by atoms with E-state index in [0.717, 1.165) is 17.3 Å². The van der Waals surface area contributed by atoms with Crippen LogP contribution in [-0.2, 0) is 6.54 Å². The third kappa shape index (κ3) is 2.87. The molecule has 1 aromatic carbocycles. The molecule has 0 aliphatic heterocycles. The zero-order valence-electron chi connectivity index (χ0n) is 10.9. The van der Waals surface area contributed by atoms with Crippen LogP contribution >= 0.6 is 0 Å². The van der Waals surface area contributed by atoms with E-state index in [9.17, 15) is 0 Å². The van der Waals surface area contributed by atoms with Crippen molar-refractivity contribution in [3.05, 3.63) is 36.4 Å². The van der Waals surface area contributed by atoms with Crippen LogP contribution in [0.15, 0.2) is 30.6 Å². The van der Waals surface area contributed by atoms with Crippen molar-refractivity contribution in [3.8, 4) is 11.4 Å². The average Bonchev–Trinajstić information content (AvgIpc) is 2.85. The Bertz CT molecular complexity index is 490. The van der Waals surface area contributed by atoms with Crippen molar-refractivity contribution >= 4 is 0 Å². The van der Waals surface area contributed by atoms with Crippen LogP contribution in [0.2, 0.25) is 0 Å². The molecular formula is C13H18N4O. The van der Waals surface area contributed by atoms with Crippen LogP contribution in [0.25, 0.3) is 5.69 Å². The van der Waals surface area contributed by atoms with Crippen molar-refractivity contribution in [2.24, 2.45) is 0 Å². The first kappa shape index (κ1) is 12.6. The molecule has 0 atom stereocenters. The maximum atomic E-state index is 5.14. The predicted octanol–water partition coefficient (Wildman–Crippen LogP) is 1.77. The summed E-state index contributed by atoms with van der Waals surface area (Å²) >= 11 is 0. The van der Waals surface area contributed by atoms with Gasteiger partial charge < -0.3 is 10.1 Å². The summed E-state index contributed by atoms with van der Waals surface area (Å²) in [6.45, 7) is 4.91. The Morgan fingerprint density at radius 1 is 1.28 bits per heavy atom. The van der Waals surface area contributed by atoms with Crippen molar-refractivity contribution < 1.29 is 4.74 Å². The summed E-state index contributed by atoms with van der Waals surface area (Å²) in [4.78, 5) is 4.27. The van der Waals surface area contributed by atoms with E-state index in [1.54, 1.807) is 13.4 Å². The van der Waals surface area contributed by atoms with Gasteiger partial charge in [0.15, 0.2) is 0 Å². The summed E-state index contributed by atoms with van der Waals surface area (Å²) in [5, 5.41) is 7.58. The molecule has 96 valence electrons. The molecule has 1 aromatic heterocycles.